The van der Waals surface area contributed by atoms with Crippen molar-refractivity contribution in [1.29, 1.82) is 0 Å². The van der Waals surface area contributed by atoms with Crippen molar-refractivity contribution in [1.82, 2.24) is 25.2 Å². The van der Waals surface area contributed by atoms with Gasteiger partial charge in [-0.2, -0.15) is 0 Å². The number of amides is 1. The van der Waals surface area contributed by atoms with E-state index in [2.05, 4.69) is 20.6 Å². The number of aromatic nitrogens is 3. The highest BCUT2D eigenvalue weighted by atomic mass is 35.5. The molecule has 1 aliphatic heterocycles. The first-order chi connectivity index (χ1) is 10.8. The van der Waals surface area contributed by atoms with E-state index in [-0.39, 0.29) is 30.7 Å². The normalized spacial score (nSPS) is 16.6. The fourth-order valence-electron chi connectivity index (χ4n) is 2.76. The van der Waals surface area contributed by atoms with Crippen LogP contribution < -0.4 is 10.6 Å². The molecule has 1 unspecified atom stereocenters. The largest absolute Gasteiger partial charge is 0.352 e. The summed E-state index contributed by atoms with van der Waals surface area (Å²) in [5, 5.41) is 6.40. The van der Waals surface area contributed by atoms with Gasteiger partial charge in [-0.1, -0.05) is 0 Å². The molecule has 1 aliphatic rings. The number of rotatable bonds is 5. The Kier molecular flexibility index (Phi) is 8.74. The molecule has 6 nitrogen and oxygen atoms in total. The zero-order valence-electron chi connectivity index (χ0n) is 13.4. The highest BCUT2D eigenvalue weighted by Crippen LogP contribution is 2.13. The van der Waals surface area contributed by atoms with Crippen molar-refractivity contribution in [2.45, 2.75) is 19.3 Å². The fraction of sp³-hybridized carbons (Fsp3) is 0.438. The number of hydrogen-bond acceptors (Lipinski definition) is 4. The Morgan fingerprint density at radius 1 is 1.38 bits per heavy atom. The molecule has 0 saturated carbocycles. The van der Waals surface area contributed by atoms with Crippen LogP contribution in [0, 0.1) is 5.92 Å². The van der Waals surface area contributed by atoms with Crippen molar-refractivity contribution in [3.63, 3.8) is 0 Å². The van der Waals surface area contributed by atoms with Gasteiger partial charge in [0, 0.05) is 30.7 Å². The van der Waals surface area contributed by atoms with Crippen LogP contribution in [0.15, 0.2) is 37.1 Å². The first-order valence-corrected chi connectivity index (χ1v) is 7.76. The van der Waals surface area contributed by atoms with Crippen LogP contribution in [0.5, 0.6) is 0 Å². The molecular formula is C16H23Cl2N5O. The number of nitrogens with zero attached hydrogens (tertiary/aromatic N) is 3. The molecule has 0 spiro atoms. The van der Waals surface area contributed by atoms with E-state index in [4.69, 9.17) is 0 Å². The third kappa shape index (κ3) is 5.47. The van der Waals surface area contributed by atoms with Gasteiger partial charge in [0.25, 0.3) is 5.91 Å². The number of carbonyl (C=O) groups excluding carboxylic acids is 1. The Morgan fingerprint density at radius 3 is 2.96 bits per heavy atom. The van der Waals surface area contributed by atoms with E-state index in [9.17, 15) is 4.79 Å². The van der Waals surface area contributed by atoms with Gasteiger partial charge in [0.2, 0.25) is 0 Å². The molecular weight excluding hydrogens is 349 g/mol. The minimum absolute atomic E-state index is 0. The molecule has 132 valence electrons. The maximum Gasteiger partial charge on any atom is 0.251 e. The van der Waals surface area contributed by atoms with E-state index in [1.807, 2.05) is 0 Å². The van der Waals surface area contributed by atoms with Gasteiger partial charge in [0.15, 0.2) is 0 Å². The van der Waals surface area contributed by atoms with E-state index in [1.54, 1.807) is 41.6 Å². The summed E-state index contributed by atoms with van der Waals surface area (Å²) in [4.78, 5) is 20.5. The van der Waals surface area contributed by atoms with E-state index in [0.29, 0.717) is 23.8 Å². The highest BCUT2D eigenvalue weighted by Gasteiger charge is 2.13. The lowest BCUT2D eigenvalue weighted by atomic mass is 9.96. The number of piperidine rings is 1. The number of imidazole rings is 1. The van der Waals surface area contributed by atoms with Gasteiger partial charge < -0.3 is 10.6 Å². The van der Waals surface area contributed by atoms with Crippen LogP contribution in [-0.2, 0) is 0 Å². The summed E-state index contributed by atoms with van der Waals surface area (Å²) >= 11 is 0. The second kappa shape index (κ2) is 10.3. The standard InChI is InChI=1S/C16H21N5O.2ClH/c22-16(20-6-3-13-2-1-5-17-11-13)14-4-7-19-15(10-14)21-9-8-18-12-21;;/h4,7-10,12-13,17H,1-3,5-6,11H2,(H,20,22);2*1H. The number of hydrogen-bond donors (Lipinski definition) is 2. The SMILES string of the molecule is Cl.Cl.O=C(NCCC1CCCNC1)c1ccnc(-n2ccnc2)c1. The zero-order chi connectivity index (χ0) is 15.2. The molecule has 3 rings (SSSR count). The summed E-state index contributed by atoms with van der Waals surface area (Å²) in [6.07, 6.45) is 10.3. The summed E-state index contributed by atoms with van der Waals surface area (Å²) in [6, 6.07) is 3.51. The summed E-state index contributed by atoms with van der Waals surface area (Å²) in [5.74, 6) is 1.32. The van der Waals surface area contributed by atoms with Crippen molar-refractivity contribution in [2.75, 3.05) is 19.6 Å². The highest BCUT2D eigenvalue weighted by molar-refractivity contribution is 5.94. The Hall–Kier alpha value is -1.63. The van der Waals surface area contributed by atoms with Crippen LogP contribution in [0.4, 0.5) is 0 Å². The Bertz CT molecular complexity index is 615. The molecule has 0 bridgehead atoms. The second-order valence-electron chi connectivity index (χ2n) is 5.63. The van der Waals surface area contributed by atoms with Crippen molar-refractivity contribution < 1.29 is 4.79 Å². The molecule has 1 saturated heterocycles. The molecule has 2 N–H and O–H groups in total. The maximum atomic E-state index is 12.2. The van der Waals surface area contributed by atoms with E-state index >= 15 is 0 Å². The quantitative estimate of drug-likeness (QED) is 0.845. The van der Waals surface area contributed by atoms with Gasteiger partial charge in [0.05, 0.1) is 0 Å². The molecule has 2 aromatic heterocycles. The number of nitrogens with one attached hydrogen (secondary N) is 2. The molecule has 24 heavy (non-hydrogen) atoms. The van der Waals surface area contributed by atoms with Crippen LogP contribution in [0.2, 0.25) is 0 Å². The Labute approximate surface area is 154 Å². The molecule has 1 fully saturated rings. The zero-order valence-corrected chi connectivity index (χ0v) is 15.0. The van der Waals surface area contributed by atoms with Crippen molar-refractivity contribution in [2.24, 2.45) is 5.92 Å². The summed E-state index contributed by atoms with van der Waals surface area (Å²) in [6.45, 7) is 2.90. The van der Waals surface area contributed by atoms with Crippen LogP contribution in [0.25, 0.3) is 5.82 Å². The van der Waals surface area contributed by atoms with Gasteiger partial charge in [-0.15, -0.1) is 24.8 Å². The van der Waals surface area contributed by atoms with Crippen molar-refractivity contribution >= 4 is 30.7 Å². The average molecular weight is 372 g/mol. The average Bonchev–Trinajstić information content (AvgIpc) is 3.10. The predicted octanol–water partition coefficient (Wildman–Crippen LogP) is 2.23. The van der Waals surface area contributed by atoms with Gasteiger partial charge in [0.1, 0.15) is 12.1 Å². The third-order valence-corrected chi connectivity index (χ3v) is 4.01. The minimum Gasteiger partial charge on any atom is -0.352 e. The van der Waals surface area contributed by atoms with Gasteiger partial charge in [-0.05, 0) is 50.4 Å². The lowest BCUT2D eigenvalue weighted by Crippen LogP contribution is -2.33. The Balaban J connectivity index is 0.00000144. The molecule has 1 amide bonds. The van der Waals surface area contributed by atoms with E-state index in [0.717, 1.165) is 19.5 Å². The summed E-state index contributed by atoms with van der Waals surface area (Å²) in [7, 11) is 0. The predicted molar refractivity (Wildman–Crippen MR) is 98.4 cm³/mol. The monoisotopic (exact) mass is 371 g/mol. The topological polar surface area (TPSA) is 71.8 Å². The summed E-state index contributed by atoms with van der Waals surface area (Å²) in [5.41, 5.74) is 0.625. The number of pyridine rings is 1. The van der Waals surface area contributed by atoms with Crippen molar-refractivity contribution in [3.05, 3.63) is 42.6 Å². The smallest absolute Gasteiger partial charge is 0.251 e. The first kappa shape index (κ1) is 20.4. The van der Waals surface area contributed by atoms with Crippen LogP contribution in [0.1, 0.15) is 29.6 Å². The lowest BCUT2D eigenvalue weighted by molar-refractivity contribution is 0.0950. The molecule has 0 aromatic carbocycles. The first-order valence-electron chi connectivity index (χ1n) is 7.76. The number of halogens is 2. The third-order valence-electron chi connectivity index (χ3n) is 4.01. The van der Waals surface area contributed by atoms with Crippen LogP contribution in [0.3, 0.4) is 0 Å². The minimum atomic E-state index is -0.0486. The van der Waals surface area contributed by atoms with Crippen LogP contribution >= 0.6 is 24.8 Å². The van der Waals surface area contributed by atoms with Gasteiger partial charge in [-0.3, -0.25) is 9.36 Å². The number of carbonyl (C=O) groups is 1. The molecule has 0 aliphatic carbocycles. The molecule has 8 heteroatoms. The molecule has 0 radical (unpaired) electrons. The van der Waals surface area contributed by atoms with Crippen LogP contribution in [-0.4, -0.2) is 40.1 Å². The van der Waals surface area contributed by atoms with Crippen molar-refractivity contribution in [3.8, 4) is 5.82 Å². The van der Waals surface area contributed by atoms with Gasteiger partial charge in [-0.25, -0.2) is 9.97 Å². The molecule has 1 atom stereocenters. The van der Waals surface area contributed by atoms with E-state index < -0.39 is 0 Å². The van der Waals surface area contributed by atoms with E-state index in [1.165, 1.54) is 12.8 Å². The lowest BCUT2D eigenvalue weighted by Gasteiger charge is -2.22. The summed E-state index contributed by atoms with van der Waals surface area (Å²) < 4.78 is 1.78. The molecule has 2 aromatic rings. The Morgan fingerprint density at radius 2 is 2.25 bits per heavy atom. The second-order valence-corrected chi connectivity index (χ2v) is 5.63. The van der Waals surface area contributed by atoms with Gasteiger partial charge >= 0.3 is 0 Å². The maximum absolute atomic E-state index is 12.2. The fourth-order valence-corrected chi connectivity index (χ4v) is 2.76. The molecule has 3 heterocycles.